The van der Waals surface area contributed by atoms with Crippen molar-refractivity contribution in [2.24, 2.45) is 0 Å². The van der Waals surface area contributed by atoms with Gasteiger partial charge in [-0.25, -0.2) is 4.39 Å². The summed E-state index contributed by atoms with van der Waals surface area (Å²) in [4.78, 5) is 17.1. The second-order valence-electron chi connectivity index (χ2n) is 6.61. The minimum Gasteiger partial charge on any atom is -0.367 e. The molecular formula is C21H26FN3OS. The van der Waals surface area contributed by atoms with E-state index in [9.17, 15) is 9.18 Å². The number of thioether (sulfide) groups is 1. The molecule has 1 heterocycles. The first kappa shape index (κ1) is 19.7. The van der Waals surface area contributed by atoms with E-state index in [1.165, 1.54) is 23.9 Å². The number of nitrogens with one attached hydrogen (secondary N) is 1. The average Bonchev–Trinajstić information content (AvgIpc) is 2.70. The Balaban J connectivity index is 1.52. The van der Waals surface area contributed by atoms with Gasteiger partial charge in [0.25, 0.3) is 0 Å². The maximum Gasteiger partial charge on any atom is 0.234 e. The second kappa shape index (κ2) is 9.76. The summed E-state index contributed by atoms with van der Waals surface area (Å²) in [6.07, 6.45) is 0. The predicted octanol–water partition coefficient (Wildman–Crippen LogP) is 3.84. The normalized spacial score (nSPS) is 15.0. The molecule has 27 heavy (non-hydrogen) atoms. The number of benzene rings is 2. The fourth-order valence-corrected chi connectivity index (χ4v) is 3.98. The van der Waals surface area contributed by atoms with Crippen LogP contribution in [0, 0.1) is 5.82 Å². The van der Waals surface area contributed by atoms with Crippen molar-refractivity contribution < 1.29 is 9.18 Å². The Hall–Kier alpha value is -2.05. The van der Waals surface area contributed by atoms with Crippen LogP contribution in [0.25, 0.3) is 0 Å². The first-order valence-corrected chi connectivity index (χ1v) is 10.5. The number of carbonyl (C=O) groups excluding carboxylic acids is 1. The van der Waals surface area contributed by atoms with Crippen LogP contribution in [0.3, 0.4) is 0 Å². The zero-order valence-electron chi connectivity index (χ0n) is 15.7. The highest BCUT2D eigenvalue weighted by Crippen LogP contribution is 2.27. The lowest BCUT2D eigenvalue weighted by Gasteiger charge is -2.36. The van der Waals surface area contributed by atoms with E-state index in [2.05, 4.69) is 28.1 Å². The van der Waals surface area contributed by atoms with Gasteiger partial charge >= 0.3 is 0 Å². The van der Waals surface area contributed by atoms with E-state index in [1.54, 1.807) is 12.1 Å². The van der Waals surface area contributed by atoms with Gasteiger partial charge in [0, 0.05) is 31.9 Å². The molecule has 1 fully saturated rings. The Bertz CT molecular complexity index is 745. The average molecular weight is 388 g/mol. The van der Waals surface area contributed by atoms with E-state index in [4.69, 9.17) is 0 Å². The first-order valence-electron chi connectivity index (χ1n) is 9.34. The van der Waals surface area contributed by atoms with Crippen LogP contribution in [0.5, 0.6) is 0 Å². The highest BCUT2D eigenvalue weighted by atomic mass is 32.2. The van der Waals surface area contributed by atoms with Gasteiger partial charge in [-0.1, -0.05) is 31.2 Å². The van der Waals surface area contributed by atoms with Crippen molar-refractivity contribution in [3.63, 3.8) is 0 Å². The number of piperazine rings is 1. The SMILES string of the molecule is CCN1CCN(c2ccccc2NC(=O)CSCc2ccc(F)cc2)CC1. The number of carbonyl (C=O) groups is 1. The van der Waals surface area contributed by atoms with Gasteiger partial charge in [0.2, 0.25) is 5.91 Å². The van der Waals surface area contributed by atoms with Crippen LogP contribution in [0.2, 0.25) is 0 Å². The molecule has 4 nitrogen and oxygen atoms in total. The Kier molecular flexibility index (Phi) is 7.12. The minimum absolute atomic E-state index is 0.0123. The summed E-state index contributed by atoms with van der Waals surface area (Å²) in [5.74, 6) is 0.809. The molecule has 0 aliphatic carbocycles. The Morgan fingerprint density at radius 2 is 1.78 bits per heavy atom. The molecule has 2 aromatic rings. The molecule has 0 radical (unpaired) electrons. The second-order valence-corrected chi connectivity index (χ2v) is 7.59. The highest BCUT2D eigenvalue weighted by molar-refractivity contribution is 7.99. The van der Waals surface area contributed by atoms with Gasteiger partial charge in [-0.2, -0.15) is 0 Å². The summed E-state index contributed by atoms with van der Waals surface area (Å²) < 4.78 is 12.9. The Morgan fingerprint density at radius 3 is 2.48 bits per heavy atom. The van der Waals surface area contributed by atoms with Gasteiger partial charge in [0.05, 0.1) is 17.1 Å². The number of likely N-dealkylation sites (N-methyl/N-ethyl adjacent to an activating group) is 1. The zero-order chi connectivity index (χ0) is 19.1. The summed E-state index contributed by atoms with van der Waals surface area (Å²) in [7, 11) is 0. The van der Waals surface area contributed by atoms with Crippen LogP contribution in [0.15, 0.2) is 48.5 Å². The van der Waals surface area contributed by atoms with Crippen molar-refractivity contribution in [3.05, 3.63) is 59.9 Å². The van der Waals surface area contributed by atoms with Gasteiger partial charge in [0.15, 0.2) is 0 Å². The number of para-hydroxylation sites is 2. The number of hydrogen-bond donors (Lipinski definition) is 1. The fourth-order valence-electron chi connectivity index (χ4n) is 3.19. The third-order valence-electron chi connectivity index (χ3n) is 4.75. The Labute approximate surface area is 164 Å². The number of halogens is 1. The molecule has 0 spiro atoms. The molecule has 3 rings (SSSR count). The standard InChI is InChI=1S/C21H26FN3OS/c1-2-24-11-13-25(14-12-24)20-6-4-3-5-19(20)23-21(26)16-27-15-17-7-9-18(22)10-8-17/h3-10H,2,11-16H2,1H3,(H,23,26). The molecule has 0 bridgehead atoms. The lowest BCUT2D eigenvalue weighted by atomic mass is 10.2. The third-order valence-corrected chi connectivity index (χ3v) is 5.76. The topological polar surface area (TPSA) is 35.6 Å². The molecule has 0 atom stereocenters. The van der Waals surface area contributed by atoms with Crippen molar-refractivity contribution in [2.45, 2.75) is 12.7 Å². The molecule has 0 aromatic heterocycles. The van der Waals surface area contributed by atoms with Crippen molar-refractivity contribution in [1.29, 1.82) is 0 Å². The monoisotopic (exact) mass is 387 g/mol. The smallest absolute Gasteiger partial charge is 0.234 e. The number of amides is 1. The Morgan fingerprint density at radius 1 is 1.07 bits per heavy atom. The molecule has 1 saturated heterocycles. The van der Waals surface area contributed by atoms with Crippen LogP contribution < -0.4 is 10.2 Å². The van der Waals surface area contributed by atoms with Gasteiger partial charge < -0.3 is 15.1 Å². The summed E-state index contributed by atoms with van der Waals surface area (Å²) in [6.45, 7) is 7.31. The van der Waals surface area contributed by atoms with Crippen molar-refractivity contribution in [2.75, 3.05) is 48.7 Å². The predicted molar refractivity (Wildman–Crippen MR) is 112 cm³/mol. The van der Waals surface area contributed by atoms with Crippen molar-refractivity contribution in [3.8, 4) is 0 Å². The summed E-state index contributed by atoms with van der Waals surface area (Å²) in [5.41, 5.74) is 2.98. The summed E-state index contributed by atoms with van der Waals surface area (Å²) >= 11 is 1.53. The molecule has 1 aliphatic heterocycles. The lowest BCUT2D eigenvalue weighted by molar-refractivity contribution is -0.113. The third kappa shape index (κ3) is 5.71. The number of anilines is 2. The number of rotatable bonds is 7. The number of hydrogen-bond acceptors (Lipinski definition) is 4. The van der Waals surface area contributed by atoms with Crippen LogP contribution in [0.1, 0.15) is 12.5 Å². The highest BCUT2D eigenvalue weighted by Gasteiger charge is 2.18. The van der Waals surface area contributed by atoms with E-state index >= 15 is 0 Å². The van der Waals surface area contributed by atoms with Gasteiger partial charge in [-0.3, -0.25) is 4.79 Å². The van der Waals surface area contributed by atoms with Gasteiger partial charge in [-0.15, -0.1) is 11.8 Å². The fraction of sp³-hybridized carbons (Fsp3) is 0.381. The molecule has 1 amide bonds. The van der Waals surface area contributed by atoms with Gasteiger partial charge in [0.1, 0.15) is 5.82 Å². The summed E-state index contributed by atoms with van der Waals surface area (Å²) in [5, 5.41) is 3.05. The zero-order valence-corrected chi connectivity index (χ0v) is 16.5. The van der Waals surface area contributed by atoms with Gasteiger partial charge in [-0.05, 0) is 36.4 Å². The number of nitrogens with zero attached hydrogens (tertiary/aromatic N) is 2. The van der Waals surface area contributed by atoms with Crippen LogP contribution in [-0.4, -0.2) is 49.3 Å². The van der Waals surface area contributed by atoms with E-state index in [-0.39, 0.29) is 11.7 Å². The van der Waals surface area contributed by atoms with Crippen molar-refractivity contribution in [1.82, 2.24) is 4.90 Å². The first-order chi connectivity index (χ1) is 13.2. The van der Waals surface area contributed by atoms with Crippen LogP contribution in [0.4, 0.5) is 15.8 Å². The molecule has 0 unspecified atom stereocenters. The maximum atomic E-state index is 12.9. The molecule has 144 valence electrons. The van der Waals surface area contributed by atoms with Crippen LogP contribution in [-0.2, 0) is 10.5 Å². The molecule has 2 aromatic carbocycles. The summed E-state index contributed by atoms with van der Waals surface area (Å²) in [6, 6.07) is 14.4. The van der Waals surface area contributed by atoms with Crippen molar-refractivity contribution >= 4 is 29.0 Å². The van der Waals surface area contributed by atoms with E-state index in [0.717, 1.165) is 49.7 Å². The largest absolute Gasteiger partial charge is 0.367 e. The minimum atomic E-state index is -0.238. The maximum absolute atomic E-state index is 12.9. The quantitative estimate of drug-likeness (QED) is 0.783. The molecule has 6 heteroatoms. The molecular weight excluding hydrogens is 361 g/mol. The van der Waals surface area contributed by atoms with E-state index in [0.29, 0.717) is 11.5 Å². The molecule has 0 saturated carbocycles. The molecule has 1 N–H and O–H groups in total. The van der Waals surface area contributed by atoms with Crippen LogP contribution >= 0.6 is 11.8 Å². The van der Waals surface area contributed by atoms with E-state index in [1.807, 2.05) is 18.2 Å². The van der Waals surface area contributed by atoms with E-state index < -0.39 is 0 Å². The molecule has 1 aliphatic rings. The lowest BCUT2D eigenvalue weighted by Crippen LogP contribution is -2.46.